The standard InChI is InChI=1S/C26H36NO9P/c28-15-5-1-3-7-17-34-37(33,35-18-8-4-2-6-16-29)36-23-12-9-21(10-13-23)20-27-22-11-14-24(26(31)32)25(30)19-22/h9-14,19-20,28-30H,1-8,15-18H2,(H,31,32). The fourth-order valence-corrected chi connectivity index (χ4v) is 4.52. The number of aromatic hydroxyl groups is 1. The van der Waals surface area contributed by atoms with Gasteiger partial charge in [-0.05, 0) is 67.6 Å². The van der Waals surface area contributed by atoms with Crippen molar-refractivity contribution in [3.05, 3.63) is 53.6 Å². The monoisotopic (exact) mass is 537 g/mol. The topological polar surface area (TPSA) is 155 Å². The molecule has 0 heterocycles. The van der Waals surface area contributed by atoms with E-state index in [0.717, 1.165) is 25.7 Å². The number of hydrogen-bond acceptors (Lipinski definition) is 9. The first kappa shape index (κ1) is 30.5. The summed E-state index contributed by atoms with van der Waals surface area (Å²) >= 11 is 0. The number of phosphoric acid groups is 1. The highest BCUT2D eigenvalue weighted by Gasteiger charge is 2.28. The minimum absolute atomic E-state index is 0.141. The SMILES string of the molecule is O=C(O)c1ccc(N=Cc2ccc(OP(=O)(OCCCCCCO)OCCCCCCO)cc2)cc1O. The molecule has 0 aliphatic carbocycles. The molecule has 0 aromatic heterocycles. The number of aliphatic hydroxyl groups excluding tert-OH is 2. The molecular formula is C26H36NO9P. The van der Waals surface area contributed by atoms with Crippen molar-refractivity contribution in [3.8, 4) is 11.5 Å². The van der Waals surface area contributed by atoms with E-state index in [2.05, 4.69) is 4.99 Å². The largest absolute Gasteiger partial charge is 0.530 e. The van der Waals surface area contributed by atoms with Crippen LogP contribution in [0.3, 0.4) is 0 Å². The predicted octanol–water partition coefficient (Wildman–Crippen LogP) is 5.47. The highest BCUT2D eigenvalue weighted by atomic mass is 31.2. The van der Waals surface area contributed by atoms with E-state index < -0.39 is 13.8 Å². The van der Waals surface area contributed by atoms with Gasteiger partial charge in [0.15, 0.2) is 0 Å². The second kappa shape index (κ2) is 16.9. The molecule has 0 spiro atoms. The average molecular weight is 538 g/mol. The predicted molar refractivity (Wildman–Crippen MR) is 140 cm³/mol. The van der Waals surface area contributed by atoms with E-state index >= 15 is 0 Å². The minimum atomic E-state index is -3.86. The zero-order valence-corrected chi connectivity index (χ0v) is 21.7. The number of aromatic carboxylic acids is 1. The summed E-state index contributed by atoms with van der Waals surface area (Å²) in [5, 5.41) is 36.5. The number of carboxylic acids is 1. The van der Waals surface area contributed by atoms with Gasteiger partial charge in [-0.25, -0.2) is 9.36 Å². The normalized spacial score (nSPS) is 11.7. The van der Waals surface area contributed by atoms with Crippen molar-refractivity contribution in [1.82, 2.24) is 0 Å². The number of carbonyl (C=O) groups is 1. The number of aliphatic hydroxyl groups is 2. The number of nitrogens with zero attached hydrogens (tertiary/aromatic N) is 1. The van der Waals surface area contributed by atoms with Crippen LogP contribution < -0.4 is 4.52 Å². The highest BCUT2D eigenvalue weighted by molar-refractivity contribution is 7.48. The van der Waals surface area contributed by atoms with Crippen LogP contribution in [0.2, 0.25) is 0 Å². The number of aliphatic imine (C=N–C) groups is 1. The smallest absolute Gasteiger partial charge is 0.507 e. The molecule has 0 saturated heterocycles. The zero-order chi connectivity index (χ0) is 26.9. The number of rotatable bonds is 19. The molecule has 0 saturated carbocycles. The quantitative estimate of drug-likeness (QED) is 0.104. The Balaban J connectivity index is 1.97. The van der Waals surface area contributed by atoms with Crippen molar-refractivity contribution < 1.29 is 43.4 Å². The Morgan fingerprint density at radius 1 is 0.838 bits per heavy atom. The highest BCUT2D eigenvalue weighted by Crippen LogP contribution is 2.49. The lowest BCUT2D eigenvalue weighted by Crippen LogP contribution is -2.05. The molecule has 0 fully saturated rings. The summed E-state index contributed by atoms with van der Waals surface area (Å²) in [7, 11) is -3.86. The van der Waals surface area contributed by atoms with Crippen molar-refractivity contribution in [1.29, 1.82) is 0 Å². The molecule has 2 aromatic carbocycles. The summed E-state index contributed by atoms with van der Waals surface area (Å²) in [4.78, 5) is 15.2. The van der Waals surface area contributed by atoms with E-state index in [0.29, 0.717) is 42.7 Å². The number of phenols is 1. The van der Waals surface area contributed by atoms with E-state index in [-0.39, 0.29) is 37.7 Å². The minimum Gasteiger partial charge on any atom is -0.507 e. The van der Waals surface area contributed by atoms with Gasteiger partial charge in [0.2, 0.25) is 0 Å². The summed E-state index contributed by atoms with van der Waals surface area (Å²) in [5.41, 5.74) is 0.871. The van der Waals surface area contributed by atoms with Crippen molar-refractivity contribution in [2.45, 2.75) is 51.4 Å². The van der Waals surface area contributed by atoms with Gasteiger partial charge in [0.05, 0.1) is 18.9 Å². The van der Waals surface area contributed by atoms with Crippen LogP contribution in [0.25, 0.3) is 0 Å². The van der Waals surface area contributed by atoms with Crippen LogP contribution in [0.4, 0.5) is 5.69 Å². The molecule has 0 aliphatic heterocycles. The second-order valence-electron chi connectivity index (χ2n) is 8.31. The molecule has 204 valence electrons. The first-order valence-electron chi connectivity index (χ1n) is 12.4. The van der Waals surface area contributed by atoms with E-state index in [9.17, 15) is 14.5 Å². The van der Waals surface area contributed by atoms with Crippen LogP contribution in [0.5, 0.6) is 11.5 Å². The Morgan fingerprint density at radius 3 is 1.92 bits per heavy atom. The molecule has 37 heavy (non-hydrogen) atoms. The molecule has 2 aromatic rings. The van der Waals surface area contributed by atoms with Gasteiger partial charge in [0.25, 0.3) is 0 Å². The molecule has 2 rings (SSSR count). The van der Waals surface area contributed by atoms with Crippen molar-refractivity contribution >= 4 is 25.7 Å². The molecule has 0 radical (unpaired) electrons. The molecule has 4 N–H and O–H groups in total. The molecule has 0 bridgehead atoms. The second-order valence-corrected chi connectivity index (χ2v) is 9.91. The maximum atomic E-state index is 13.2. The van der Waals surface area contributed by atoms with Gasteiger partial charge in [-0.3, -0.25) is 14.0 Å². The third-order valence-electron chi connectivity index (χ3n) is 5.28. The number of carboxylic acid groups (broad SMARTS) is 1. The van der Waals surface area contributed by atoms with Crippen LogP contribution in [-0.2, 0) is 13.6 Å². The summed E-state index contributed by atoms with van der Waals surface area (Å²) < 4.78 is 29.9. The van der Waals surface area contributed by atoms with E-state index in [1.165, 1.54) is 24.4 Å². The van der Waals surface area contributed by atoms with Gasteiger partial charge < -0.3 is 24.9 Å². The third-order valence-corrected chi connectivity index (χ3v) is 6.71. The van der Waals surface area contributed by atoms with Gasteiger partial charge >= 0.3 is 13.8 Å². The number of unbranched alkanes of at least 4 members (excludes halogenated alkanes) is 6. The van der Waals surface area contributed by atoms with Crippen LogP contribution in [-0.4, -0.2) is 59.0 Å². The maximum absolute atomic E-state index is 13.2. The van der Waals surface area contributed by atoms with Gasteiger partial charge in [-0.15, -0.1) is 0 Å². The first-order chi connectivity index (χ1) is 17.9. The lowest BCUT2D eigenvalue weighted by Gasteiger charge is -2.19. The van der Waals surface area contributed by atoms with E-state index in [1.54, 1.807) is 24.3 Å². The Labute approximate surface area is 217 Å². The van der Waals surface area contributed by atoms with Crippen molar-refractivity contribution in [2.24, 2.45) is 4.99 Å². The molecule has 0 atom stereocenters. The van der Waals surface area contributed by atoms with Crippen molar-refractivity contribution in [3.63, 3.8) is 0 Å². The fraction of sp³-hybridized carbons (Fsp3) is 0.462. The maximum Gasteiger partial charge on any atom is 0.530 e. The number of benzene rings is 2. The Bertz CT molecular complexity index is 1010. The van der Waals surface area contributed by atoms with Crippen LogP contribution >= 0.6 is 7.82 Å². The Hall–Kier alpha value is -2.75. The van der Waals surface area contributed by atoms with Gasteiger partial charge in [0.1, 0.15) is 17.1 Å². The summed E-state index contributed by atoms with van der Waals surface area (Å²) in [6.45, 7) is 0.682. The lowest BCUT2D eigenvalue weighted by molar-refractivity contribution is 0.0693. The lowest BCUT2D eigenvalue weighted by atomic mass is 10.2. The zero-order valence-electron chi connectivity index (χ0n) is 20.8. The third kappa shape index (κ3) is 11.9. The van der Waals surface area contributed by atoms with Crippen LogP contribution in [0.1, 0.15) is 67.3 Å². The summed E-state index contributed by atoms with van der Waals surface area (Å²) in [6, 6.07) is 10.6. The molecule has 0 aliphatic rings. The summed E-state index contributed by atoms with van der Waals surface area (Å²) in [5.74, 6) is -1.30. The van der Waals surface area contributed by atoms with Crippen molar-refractivity contribution in [2.75, 3.05) is 26.4 Å². The van der Waals surface area contributed by atoms with E-state index in [1.807, 2.05) is 0 Å². The number of phosphoric ester groups is 1. The van der Waals surface area contributed by atoms with Crippen LogP contribution in [0.15, 0.2) is 47.5 Å². The molecule has 11 heteroatoms. The molecule has 0 unspecified atom stereocenters. The van der Waals surface area contributed by atoms with Crippen LogP contribution in [0, 0.1) is 0 Å². The van der Waals surface area contributed by atoms with Gasteiger partial charge in [0, 0.05) is 25.5 Å². The first-order valence-corrected chi connectivity index (χ1v) is 13.8. The van der Waals surface area contributed by atoms with Gasteiger partial charge in [-0.2, -0.15) is 0 Å². The van der Waals surface area contributed by atoms with E-state index in [4.69, 9.17) is 28.9 Å². The Morgan fingerprint density at radius 2 is 1.41 bits per heavy atom. The summed E-state index contributed by atoms with van der Waals surface area (Å²) in [6.07, 6.45) is 7.62. The average Bonchev–Trinajstić information content (AvgIpc) is 2.87. The molecular weight excluding hydrogens is 501 g/mol. The Kier molecular flexibility index (Phi) is 13.9. The number of hydrogen-bond donors (Lipinski definition) is 4. The molecule has 0 amide bonds. The fourth-order valence-electron chi connectivity index (χ4n) is 3.25. The van der Waals surface area contributed by atoms with Gasteiger partial charge in [-0.1, -0.05) is 25.7 Å². The molecule has 10 nitrogen and oxygen atoms in total.